The summed E-state index contributed by atoms with van der Waals surface area (Å²) in [7, 11) is 0. The molecule has 0 aliphatic heterocycles. The Labute approximate surface area is 117 Å². The zero-order valence-corrected chi connectivity index (χ0v) is 11.7. The second-order valence-corrected chi connectivity index (χ2v) is 5.65. The molecule has 1 amide bonds. The molecule has 2 rings (SSSR count). The molecular weight excluding hydrogens is 256 g/mol. The van der Waals surface area contributed by atoms with Crippen LogP contribution in [0.1, 0.15) is 20.8 Å². The van der Waals surface area contributed by atoms with E-state index in [1.165, 1.54) is 0 Å². The molecule has 7 nitrogen and oxygen atoms in total. The number of tetrazole rings is 1. The average Bonchev–Trinajstić information content (AvgIpc) is 2.91. The molecule has 0 aliphatic rings. The van der Waals surface area contributed by atoms with Gasteiger partial charge in [0.2, 0.25) is 11.7 Å². The summed E-state index contributed by atoms with van der Waals surface area (Å²) in [4.78, 5) is 12.1. The highest BCUT2D eigenvalue weighted by molar-refractivity contribution is 5.95. The molecule has 1 heterocycles. The summed E-state index contributed by atoms with van der Waals surface area (Å²) in [5, 5.41) is 16.5. The van der Waals surface area contributed by atoms with Gasteiger partial charge in [-0.2, -0.15) is 5.21 Å². The van der Waals surface area contributed by atoms with Crippen molar-refractivity contribution in [1.82, 2.24) is 20.6 Å². The summed E-state index contributed by atoms with van der Waals surface area (Å²) in [6, 6.07) is 6.62. The predicted molar refractivity (Wildman–Crippen MR) is 75.7 cm³/mol. The molecule has 1 atom stereocenters. The van der Waals surface area contributed by atoms with Crippen LogP contribution in [-0.4, -0.2) is 32.6 Å². The Hall–Kier alpha value is -2.28. The van der Waals surface area contributed by atoms with E-state index < -0.39 is 6.04 Å². The fourth-order valence-electron chi connectivity index (χ4n) is 1.63. The summed E-state index contributed by atoms with van der Waals surface area (Å²) in [6.07, 6.45) is 0. The average molecular weight is 274 g/mol. The molecule has 106 valence electrons. The maximum absolute atomic E-state index is 12.1. The van der Waals surface area contributed by atoms with Gasteiger partial charge >= 0.3 is 0 Å². The van der Waals surface area contributed by atoms with Crippen LogP contribution < -0.4 is 11.1 Å². The fourth-order valence-corrected chi connectivity index (χ4v) is 1.63. The third-order valence-corrected chi connectivity index (χ3v) is 2.95. The Balaban J connectivity index is 2.15. The number of carbonyl (C=O) groups is 1. The molecule has 1 aromatic carbocycles. The lowest BCUT2D eigenvalue weighted by Crippen LogP contribution is -2.45. The van der Waals surface area contributed by atoms with Crippen LogP contribution in [-0.2, 0) is 4.79 Å². The number of amides is 1. The first-order valence-corrected chi connectivity index (χ1v) is 6.28. The van der Waals surface area contributed by atoms with Gasteiger partial charge in [0.05, 0.1) is 6.04 Å². The number of H-pyrrole nitrogens is 1. The van der Waals surface area contributed by atoms with Crippen LogP contribution in [0, 0.1) is 5.41 Å². The highest BCUT2D eigenvalue weighted by atomic mass is 16.2. The first kappa shape index (κ1) is 14.1. The molecule has 2 aromatic rings. The minimum Gasteiger partial charge on any atom is -0.325 e. The molecule has 0 bridgehead atoms. The second kappa shape index (κ2) is 5.38. The van der Waals surface area contributed by atoms with E-state index in [0.29, 0.717) is 11.5 Å². The first-order valence-electron chi connectivity index (χ1n) is 6.28. The van der Waals surface area contributed by atoms with Crippen molar-refractivity contribution in [1.29, 1.82) is 0 Å². The highest BCUT2D eigenvalue weighted by Crippen LogP contribution is 2.21. The predicted octanol–water partition coefficient (Wildman–Crippen LogP) is 1.18. The number of aromatic amines is 1. The van der Waals surface area contributed by atoms with Crippen LogP contribution in [0.5, 0.6) is 0 Å². The third-order valence-electron chi connectivity index (χ3n) is 2.95. The van der Waals surface area contributed by atoms with E-state index in [1.807, 2.05) is 32.9 Å². The van der Waals surface area contributed by atoms with Gasteiger partial charge < -0.3 is 11.1 Å². The van der Waals surface area contributed by atoms with E-state index >= 15 is 0 Å². The number of carbonyl (C=O) groups excluding carboxylic acids is 1. The Kier molecular flexibility index (Phi) is 3.80. The zero-order valence-electron chi connectivity index (χ0n) is 11.7. The van der Waals surface area contributed by atoms with Crippen LogP contribution in [0.3, 0.4) is 0 Å². The molecule has 0 aliphatic carbocycles. The van der Waals surface area contributed by atoms with Gasteiger partial charge in [0.25, 0.3) is 0 Å². The molecule has 1 aromatic heterocycles. The summed E-state index contributed by atoms with van der Waals surface area (Å²) in [6.45, 7) is 5.77. The van der Waals surface area contributed by atoms with Gasteiger partial charge in [-0.05, 0) is 22.8 Å². The summed E-state index contributed by atoms with van der Waals surface area (Å²) in [5.74, 6) is 0.254. The van der Waals surface area contributed by atoms with Crippen LogP contribution >= 0.6 is 0 Å². The van der Waals surface area contributed by atoms with E-state index in [1.54, 1.807) is 12.1 Å². The normalized spacial score (nSPS) is 13.0. The van der Waals surface area contributed by atoms with Gasteiger partial charge in [-0.3, -0.25) is 4.79 Å². The fraction of sp³-hybridized carbons (Fsp3) is 0.385. The number of hydrogen-bond acceptors (Lipinski definition) is 5. The number of benzene rings is 1. The number of aromatic nitrogens is 4. The lowest BCUT2D eigenvalue weighted by molar-refractivity contribution is -0.119. The van der Waals surface area contributed by atoms with E-state index in [0.717, 1.165) is 5.56 Å². The number of nitrogens with two attached hydrogens (primary N) is 1. The number of nitrogens with one attached hydrogen (secondary N) is 2. The summed E-state index contributed by atoms with van der Waals surface area (Å²) in [5.41, 5.74) is 7.04. The Bertz CT molecular complexity index is 587. The van der Waals surface area contributed by atoms with Crippen LogP contribution in [0.15, 0.2) is 24.3 Å². The number of rotatable bonds is 3. The monoisotopic (exact) mass is 274 g/mol. The van der Waals surface area contributed by atoms with E-state index in [-0.39, 0.29) is 11.3 Å². The Morgan fingerprint density at radius 1 is 1.40 bits per heavy atom. The molecule has 0 unspecified atom stereocenters. The summed E-state index contributed by atoms with van der Waals surface area (Å²) < 4.78 is 0. The van der Waals surface area contributed by atoms with Crippen molar-refractivity contribution in [2.24, 2.45) is 11.1 Å². The molecule has 0 fully saturated rings. The lowest BCUT2D eigenvalue weighted by atomic mass is 9.87. The quantitative estimate of drug-likeness (QED) is 0.778. The first-order chi connectivity index (χ1) is 9.38. The van der Waals surface area contributed by atoms with Crippen LogP contribution in [0.2, 0.25) is 0 Å². The summed E-state index contributed by atoms with van der Waals surface area (Å²) >= 11 is 0. The maximum Gasteiger partial charge on any atom is 0.241 e. The van der Waals surface area contributed by atoms with E-state index in [2.05, 4.69) is 25.9 Å². The molecule has 4 N–H and O–H groups in total. The van der Waals surface area contributed by atoms with Crippen molar-refractivity contribution in [3.63, 3.8) is 0 Å². The third kappa shape index (κ3) is 3.18. The molecule has 0 saturated carbocycles. The molecular formula is C13H18N6O. The number of anilines is 1. The van der Waals surface area contributed by atoms with Gasteiger partial charge in [-0.25, -0.2) is 0 Å². The van der Waals surface area contributed by atoms with Crippen molar-refractivity contribution in [2.45, 2.75) is 26.8 Å². The van der Waals surface area contributed by atoms with E-state index in [9.17, 15) is 4.79 Å². The van der Waals surface area contributed by atoms with Crippen LogP contribution in [0.4, 0.5) is 5.69 Å². The molecule has 0 radical (unpaired) electrons. The topological polar surface area (TPSA) is 110 Å². The minimum atomic E-state index is -0.587. The molecule has 20 heavy (non-hydrogen) atoms. The van der Waals surface area contributed by atoms with Gasteiger partial charge in [0, 0.05) is 11.3 Å². The smallest absolute Gasteiger partial charge is 0.241 e. The maximum atomic E-state index is 12.1. The number of nitrogens with zero attached hydrogens (tertiary/aromatic N) is 3. The molecule has 0 spiro atoms. The largest absolute Gasteiger partial charge is 0.325 e. The van der Waals surface area contributed by atoms with Gasteiger partial charge in [-0.1, -0.05) is 32.9 Å². The van der Waals surface area contributed by atoms with Crippen molar-refractivity contribution >= 4 is 11.6 Å². The second-order valence-electron chi connectivity index (χ2n) is 5.65. The standard InChI is InChI=1S/C13H18N6O/c1-13(2,3)10(14)12(20)15-9-6-4-5-8(7-9)11-16-18-19-17-11/h4-7,10H,14H2,1-3H3,(H,15,20)(H,16,17,18,19)/t10-/m1/s1. The lowest BCUT2D eigenvalue weighted by Gasteiger charge is -2.25. The SMILES string of the molecule is CC(C)(C)[C@H](N)C(=O)Nc1cccc(-c2nn[nH]n2)c1. The van der Waals surface area contributed by atoms with E-state index in [4.69, 9.17) is 5.73 Å². The van der Waals surface area contributed by atoms with Gasteiger partial charge in [-0.15, -0.1) is 10.2 Å². The molecule has 0 saturated heterocycles. The van der Waals surface area contributed by atoms with Crippen molar-refractivity contribution in [3.8, 4) is 11.4 Å². The van der Waals surface area contributed by atoms with Crippen molar-refractivity contribution in [2.75, 3.05) is 5.32 Å². The van der Waals surface area contributed by atoms with Gasteiger partial charge in [0.15, 0.2) is 0 Å². The molecule has 7 heteroatoms. The zero-order chi connectivity index (χ0) is 14.8. The highest BCUT2D eigenvalue weighted by Gasteiger charge is 2.27. The number of hydrogen-bond donors (Lipinski definition) is 3. The van der Waals surface area contributed by atoms with Crippen molar-refractivity contribution in [3.05, 3.63) is 24.3 Å². The van der Waals surface area contributed by atoms with Gasteiger partial charge in [0.1, 0.15) is 0 Å². The minimum absolute atomic E-state index is 0.220. The van der Waals surface area contributed by atoms with Crippen LogP contribution in [0.25, 0.3) is 11.4 Å². The Morgan fingerprint density at radius 2 is 2.15 bits per heavy atom. The Morgan fingerprint density at radius 3 is 2.75 bits per heavy atom. The van der Waals surface area contributed by atoms with Crippen molar-refractivity contribution < 1.29 is 4.79 Å².